The van der Waals surface area contributed by atoms with Gasteiger partial charge < -0.3 is 0 Å². The summed E-state index contributed by atoms with van der Waals surface area (Å²) in [6.45, 7) is 0. The van der Waals surface area contributed by atoms with E-state index in [0.29, 0.717) is 0 Å². The van der Waals surface area contributed by atoms with E-state index in [-0.39, 0.29) is 0 Å². The van der Waals surface area contributed by atoms with E-state index in [4.69, 9.17) is 0 Å². The molecule has 0 amide bonds. The fourth-order valence-corrected chi connectivity index (χ4v) is 1.80. The smallest absolute Gasteiger partial charge is 0.170 e. The molecule has 0 saturated carbocycles. The lowest BCUT2D eigenvalue weighted by Gasteiger charge is -1.97. The van der Waals surface area contributed by atoms with Crippen molar-refractivity contribution in [2.24, 2.45) is 0 Å². The molecule has 0 spiro atoms. The molecule has 0 saturated heterocycles. The fraction of sp³-hybridized carbons (Fsp3) is 0.143. The molecule has 61 valence electrons. The van der Waals surface area contributed by atoms with Gasteiger partial charge in [0, 0.05) is 6.20 Å². The molecular weight excluding hydrogens is 238 g/mol. The highest BCUT2D eigenvalue weighted by molar-refractivity contribution is 9.10. The molecule has 0 aliphatic carbocycles. The maximum atomic E-state index is 4.20. The van der Waals surface area contributed by atoms with Crippen molar-refractivity contribution in [1.29, 1.82) is 0 Å². The molecule has 0 unspecified atom stereocenters. The lowest BCUT2D eigenvalue weighted by molar-refractivity contribution is 1.02. The van der Waals surface area contributed by atoms with Gasteiger partial charge in [-0.2, -0.15) is 0 Å². The molecule has 2 heterocycles. The standard InChI is InChI=1S/C7H5BrN3S/c1-12-7-6-10-4-5(8)11(6)3-2-9-7/h3-4H,1H3. The second kappa shape index (κ2) is 3.06. The van der Waals surface area contributed by atoms with Crippen LogP contribution in [0.25, 0.3) is 5.65 Å². The number of fused-ring (bicyclic) bond motifs is 1. The molecule has 0 bridgehead atoms. The van der Waals surface area contributed by atoms with Crippen molar-refractivity contribution in [2.75, 3.05) is 6.26 Å². The molecule has 0 N–H and O–H groups in total. The summed E-state index contributed by atoms with van der Waals surface area (Å²) in [7, 11) is 0. The third-order valence-electron chi connectivity index (χ3n) is 1.49. The first-order valence-electron chi connectivity index (χ1n) is 3.26. The van der Waals surface area contributed by atoms with E-state index in [0.717, 1.165) is 15.3 Å². The van der Waals surface area contributed by atoms with Crippen LogP contribution in [0.1, 0.15) is 0 Å². The molecule has 5 heteroatoms. The van der Waals surface area contributed by atoms with Gasteiger partial charge in [-0.15, -0.1) is 11.8 Å². The number of hydrogen-bond acceptors (Lipinski definition) is 3. The van der Waals surface area contributed by atoms with Crippen LogP contribution in [0.5, 0.6) is 0 Å². The lowest BCUT2D eigenvalue weighted by atomic mass is 10.7. The largest absolute Gasteiger partial charge is 0.290 e. The molecule has 12 heavy (non-hydrogen) atoms. The Balaban J connectivity index is 2.81. The van der Waals surface area contributed by atoms with Crippen LogP contribution >= 0.6 is 27.7 Å². The Labute approximate surface area is 82.3 Å². The third-order valence-corrected chi connectivity index (χ3v) is 2.74. The first-order valence-corrected chi connectivity index (χ1v) is 5.28. The van der Waals surface area contributed by atoms with E-state index in [9.17, 15) is 0 Å². The van der Waals surface area contributed by atoms with Crippen molar-refractivity contribution in [3.63, 3.8) is 0 Å². The number of hydrogen-bond donors (Lipinski definition) is 0. The van der Waals surface area contributed by atoms with Crippen LogP contribution in [0, 0.1) is 6.20 Å². The summed E-state index contributed by atoms with van der Waals surface area (Å²) in [5.41, 5.74) is 0.869. The van der Waals surface area contributed by atoms with Crippen molar-refractivity contribution >= 4 is 33.3 Å². The van der Waals surface area contributed by atoms with Crippen molar-refractivity contribution in [3.05, 3.63) is 23.2 Å². The van der Waals surface area contributed by atoms with Crippen LogP contribution in [-0.4, -0.2) is 20.6 Å². The summed E-state index contributed by atoms with van der Waals surface area (Å²) in [6.07, 6.45) is 8.29. The topological polar surface area (TPSA) is 30.2 Å². The highest BCUT2D eigenvalue weighted by atomic mass is 79.9. The molecular formula is C7H5BrN3S. The van der Waals surface area contributed by atoms with E-state index < -0.39 is 0 Å². The number of aromatic nitrogens is 3. The highest BCUT2D eigenvalue weighted by Gasteiger charge is 2.04. The predicted molar refractivity (Wildman–Crippen MR) is 51.3 cm³/mol. The second-order valence-electron chi connectivity index (χ2n) is 2.15. The summed E-state index contributed by atoms with van der Waals surface area (Å²) in [5.74, 6) is 0. The average Bonchev–Trinajstić information content (AvgIpc) is 2.48. The zero-order chi connectivity index (χ0) is 8.55. The molecule has 0 aliphatic heterocycles. The maximum Gasteiger partial charge on any atom is 0.170 e. The highest BCUT2D eigenvalue weighted by Crippen LogP contribution is 2.20. The molecule has 2 aromatic heterocycles. The number of rotatable bonds is 1. The van der Waals surface area contributed by atoms with E-state index in [2.05, 4.69) is 32.1 Å². The number of nitrogens with zero attached hydrogens (tertiary/aromatic N) is 3. The van der Waals surface area contributed by atoms with E-state index in [1.165, 1.54) is 0 Å². The summed E-state index contributed by atoms with van der Waals surface area (Å²) in [4.78, 5) is 8.27. The van der Waals surface area contributed by atoms with Crippen LogP contribution in [0.3, 0.4) is 0 Å². The van der Waals surface area contributed by atoms with Crippen molar-refractivity contribution < 1.29 is 0 Å². The molecule has 3 nitrogen and oxygen atoms in total. The first kappa shape index (κ1) is 8.07. The van der Waals surface area contributed by atoms with Crippen molar-refractivity contribution in [1.82, 2.24) is 14.4 Å². The van der Waals surface area contributed by atoms with Crippen LogP contribution in [0.15, 0.2) is 22.0 Å². The van der Waals surface area contributed by atoms with Crippen LogP contribution in [0.2, 0.25) is 0 Å². The number of halogens is 1. The Morgan fingerprint density at radius 3 is 3.25 bits per heavy atom. The Kier molecular flexibility index (Phi) is 2.06. The van der Waals surface area contributed by atoms with Gasteiger partial charge in [0.15, 0.2) is 5.65 Å². The molecule has 2 aromatic rings. The van der Waals surface area contributed by atoms with Gasteiger partial charge in [0.2, 0.25) is 0 Å². The quantitative estimate of drug-likeness (QED) is 0.718. The zero-order valence-electron chi connectivity index (χ0n) is 6.28. The van der Waals surface area contributed by atoms with Crippen molar-refractivity contribution in [3.8, 4) is 0 Å². The Morgan fingerprint density at radius 2 is 2.50 bits per heavy atom. The fourth-order valence-electron chi connectivity index (χ4n) is 0.953. The Hall–Kier alpha value is -0.550. The summed E-state index contributed by atoms with van der Waals surface area (Å²) >= 11 is 4.94. The molecule has 0 fully saturated rings. The summed E-state index contributed by atoms with van der Waals surface area (Å²) in [6, 6.07) is 0. The Morgan fingerprint density at radius 1 is 1.67 bits per heavy atom. The van der Waals surface area contributed by atoms with E-state index in [1.54, 1.807) is 24.2 Å². The molecule has 2 rings (SSSR count). The average molecular weight is 243 g/mol. The van der Waals surface area contributed by atoms with Gasteiger partial charge in [0.25, 0.3) is 0 Å². The van der Waals surface area contributed by atoms with E-state index >= 15 is 0 Å². The lowest BCUT2D eigenvalue weighted by Crippen LogP contribution is -1.89. The maximum absolute atomic E-state index is 4.20. The summed E-state index contributed by atoms with van der Waals surface area (Å²) in [5, 5.41) is 0.892. The van der Waals surface area contributed by atoms with Gasteiger partial charge in [-0.25, -0.2) is 9.97 Å². The SMILES string of the molecule is CSc1n[c]cn2c(Br)cnc12. The minimum Gasteiger partial charge on any atom is -0.290 e. The van der Waals surface area contributed by atoms with Crippen LogP contribution in [-0.2, 0) is 0 Å². The Bertz CT molecular complexity index is 412. The number of thioether (sulfide) groups is 1. The second-order valence-corrected chi connectivity index (χ2v) is 3.76. The van der Waals surface area contributed by atoms with E-state index in [1.807, 2.05) is 10.7 Å². The van der Waals surface area contributed by atoms with Gasteiger partial charge in [0.05, 0.1) is 6.20 Å². The normalized spacial score (nSPS) is 10.8. The molecule has 0 aliphatic rings. The number of imidazole rings is 1. The van der Waals surface area contributed by atoms with Crippen LogP contribution in [0.4, 0.5) is 0 Å². The van der Waals surface area contributed by atoms with Gasteiger partial charge in [-0.05, 0) is 22.2 Å². The summed E-state index contributed by atoms with van der Waals surface area (Å²) < 4.78 is 2.82. The van der Waals surface area contributed by atoms with Crippen LogP contribution < -0.4 is 0 Å². The first-order chi connectivity index (χ1) is 5.83. The van der Waals surface area contributed by atoms with Gasteiger partial charge in [-0.3, -0.25) is 4.40 Å². The van der Waals surface area contributed by atoms with Gasteiger partial charge in [0.1, 0.15) is 15.8 Å². The van der Waals surface area contributed by atoms with Crippen molar-refractivity contribution in [2.45, 2.75) is 5.03 Å². The predicted octanol–water partition coefficient (Wildman–Crippen LogP) is 2.01. The molecule has 1 radical (unpaired) electrons. The molecule has 0 aromatic carbocycles. The molecule has 0 atom stereocenters. The minimum absolute atomic E-state index is 0.869. The minimum atomic E-state index is 0.869. The third kappa shape index (κ3) is 1.13. The zero-order valence-corrected chi connectivity index (χ0v) is 8.69. The van der Waals surface area contributed by atoms with Gasteiger partial charge >= 0.3 is 0 Å². The monoisotopic (exact) mass is 242 g/mol. The van der Waals surface area contributed by atoms with Gasteiger partial charge in [-0.1, -0.05) is 0 Å².